The SMILES string of the molecule is Cc1nc(CCNc2nnc(C)c(C)c2C(=O)O)no1. The van der Waals surface area contributed by atoms with E-state index in [1.807, 2.05) is 0 Å². The predicted molar refractivity (Wildman–Crippen MR) is 69.7 cm³/mol. The maximum atomic E-state index is 11.3. The van der Waals surface area contributed by atoms with Crippen LogP contribution in [0.4, 0.5) is 5.82 Å². The highest BCUT2D eigenvalue weighted by atomic mass is 16.5. The van der Waals surface area contributed by atoms with Gasteiger partial charge >= 0.3 is 5.97 Å². The zero-order chi connectivity index (χ0) is 14.7. The van der Waals surface area contributed by atoms with Gasteiger partial charge in [-0.25, -0.2) is 4.79 Å². The van der Waals surface area contributed by atoms with Gasteiger partial charge in [-0.1, -0.05) is 5.16 Å². The Morgan fingerprint density at radius 3 is 2.65 bits per heavy atom. The Morgan fingerprint density at radius 2 is 2.05 bits per heavy atom. The molecule has 0 saturated carbocycles. The lowest BCUT2D eigenvalue weighted by atomic mass is 10.1. The van der Waals surface area contributed by atoms with Crippen molar-refractivity contribution >= 4 is 11.8 Å². The predicted octanol–water partition coefficient (Wildman–Crippen LogP) is 1.14. The van der Waals surface area contributed by atoms with E-state index in [-0.39, 0.29) is 11.4 Å². The van der Waals surface area contributed by atoms with Crippen molar-refractivity contribution in [2.45, 2.75) is 27.2 Å². The number of rotatable bonds is 5. The fourth-order valence-corrected chi connectivity index (χ4v) is 1.73. The zero-order valence-electron chi connectivity index (χ0n) is 11.5. The number of nitrogens with one attached hydrogen (secondary N) is 1. The highest BCUT2D eigenvalue weighted by Crippen LogP contribution is 2.18. The fraction of sp³-hybridized carbons (Fsp3) is 0.417. The summed E-state index contributed by atoms with van der Waals surface area (Å²) in [5.74, 6) is 0.278. The van der Waals surface area contributed by atoms with Crippen molar-refractivity contribution in [3.63, 3.8) is 0 Å². The molecule has 0 aliphatic carbocycles. The molecule has 2 aromatic rings. The molecule has 0 amide bonds. The highest BCUT2D eigenvalue weighted by molar-refractivity contribution is 5.94. The van der Waals surface area contributed by atoms with Crippen LogP contribution in [0.2, 0.25) is 0 Å². The van der Waals surface area contributed by atoms with E-state index in [0.717, 1.165) is 0 Å². The topological polar surface area (TPSA) is 114 Å². The fourth-order valence-electron chi connectivity index (χ4n) is 1.73. The van der Waals surface area contributed by atoms with Gasteiger partial charge in [0.15, 0.2) is 11.6 Å². The van der Waals surface area contributed by atoms with E-state index in [9.17, 15) is 9.90 Å². The first-order valence-corrected chi connectivity index (χ1v) is 6.09. The number of nitrogens with zero attached hydrogens (tertiary/aromatic N) is 4. The Bertz CT molecular complexity index is 638. The third-order valence-electron chi connectivity index (χ3n) is 2.88. The van der Waals surface area contributed by atoms with E-state index in [0.29, 0.717) is 35.9 Å². The number of aromatic carboxylic acids is 1. The summed E-state index contributed by atoms with van der Waals surface area (Å²) in [5, 5.41) is 23.8. The first kappa shape index (κ1) is 13.9. The quantitative estimate of drug-likeness (QED) is 0.836. The van der Waals surface area contributed by atoms with Crippen LogP contribution in [0.1, 0.15) is 33.3 Å². The van der Waals surface area contributed by atoms with Crippen LogP contribution < -0.4 is 5.32 Å². The van der Waals surface area contributed by atoms with E-state index in [1.165, 1.54) is 0 Å². The minimum absolute atomic E-state index is 0.141. The van der Waals surface area contributed by atoms with Crippen LogP contribution in [0.25, 0.3) is 0 Å². The van der Waals surface area contributed by atoms with Crippen LogP contribution in [-0.4, -0.2) is 38.0 Å². The minimum atomic E-state index is -1.03. The Morgan fingerprint density at radius 1 is 1.30 bits per heavy atom. The summed E-state index contributed by atoms with van der Waals surface area (Å²) in [5.41, 5.74) is 1.34. The largest absolute Gasteiger partial charge is 0.478 e. The number of carboxylic acid groups (broad SMARTS) is 1. The van der Waals surface area contributed by atoms with E-state index >= 15 is 0 Å². The van der Waals surface area contributed by atoms with Gasteiger partial charge in [0.2, 0.25) is 5.89 Å². The van der Waals surface area contributed by atoms with Gasteiger partial charge in [-0.05, 0) is 19.4 Å². The van der Waals surface area contributed by atoms with Crippen LogP contribution in [0, 0.1) is 20.8 Å². The lowest BCUT2D eigenvalue weighted by molar-refractivity contribution is 0.0696. The van der Waals surface area contributed by atoms with Gasteiger partial charge in [-0.2, -0.15) is 10.1 Å². The van der Waals surface area contributed by atoms with Gasteiger partial charge in [-0.15, -0.1) is 5.10 Å². The van der Waals surface area contributed by atoms with Crippen LogP contribution in [-0.2, 0) is 6.42 Å². The Kier molecular flexibility index (Phi) is 3.92. The molecular formula is C12H15N5O3. The third kappa shape index (κ3) is 2.90. The van der Waals surface area contributed by atoms with E-state index in [1.54, 1.807) is 20.8 Å². The first-order chi connectivity index (χ1) is 9.49. The van der Waals surface area contributed by atoms with Crippen molar-refractivity contribution in [3.05, 3.63) is 28.5 Å². The van der Waals surface area contributed by atoms with Crippen molar-refractivity contribution in [2.24, 2.45) is 0 Å². The summed E-state index contributed by atoms with van der Waals surface area (Å²) in [6, 6.07) is 0. The lowest BCUT2D eigenvalue weighted by Crippen LogP contribution is -2.15. The number of aromatic nitrogens is 4. The molecule has 2 N–H and O–H groups in total. The molecule has 0 saturated heterocycles. The summed E-state index contributed by atoms with van der Waals surface area (Å²) in [6.07, 6.45) is 0.505. The number of hydrogen-bond donors (Lipinski definition) is 2. The van der Waals surface area contributed by atoms with Crippen LogP contribution in [0.3, 0.4) is 0 Å². The summed E-state index contributed by atoms with van der Waals surface area (Å²) in [4.78, 5) is 15.3. The first-order valence-electron chi connectivity index (χ1n) is 6.09. The molecule has 0 spiro atoms. The van der Waals surface area contributed by atoms with Gasteiger partial charge < -0.3 is 14.9 Å². The molecule has 0 radical (unpaired) electrons. The number of carbonyl (C=O) groups is 1. The minimum Gasteiger partial charge on any atom is -0.478 e. The molecule has 0 fully saturated rings. The summed E-state index contributed by atoms with van der Waals surface area (Å²) in [7, 11) is 0. The molecule has 2 rings (SSSR count). The van der Waals surface area contributed by atoms with Gasteiger partial charge in [0, 0.05) is 19.9 Å². The van der Waals surface area contributed by atoms with E-state index in [2.05, 4.69) is 25.7 Å². The number of aryl methyl sites for hydroxylation is 2. The molecule has 2 heterocycles. The van der Waals surface area contributed by atoms with Gasteiger partial charge in [0.1, 0.15) is 5.56 Å². The lowest BCUT2D eigenvalue weighted by Gasteiger charge is -2.10. The van der Waals surface area contributed by atoms with E-state index in [4.69, 9.17) is 4.52 Å². The smallest absolute Gasteiger partial charge is 0.339 e. The molecular weight excluding hydrogens is 262 g/mol. The van der Waals surface area contributed by atoms with Crippen molar-refractivity contribution in [1.29, 1.82) is 0 Å². The molecule has 106 valence electrons. The third-order valence-corrected chi connectivity index (χ3v) is 2.88. The summed E-state index contributed by atoms with van der Waals surface area (Å²) >= 11 is 0. The van der Waals surface area contributed by atoms with Crippen LogP contribution in [0.15, 0.2) is 4.52 Å². The Balaban J connectivity index is 2.09. The maximum absolute atomic E-state index is 11.3. The monoisotopic (exact) mass is 277 g/mol. The van der Waals surface area contributed by atoms with E-state index < -0.39 is 5.97 Å². The molecule has 0 atom stereocenters. The van der Waals surface area contributed by atoms with Crippen molar-refractivity contribution in [3.8, 4) is 0 Å². The standard InChI is InChI=1S/C12H15N5O3/c1-6-7(2)15-16-11(10(6)12(18)19)13-5-4-9-14-8(3)20-17-9/h4-5H2,1-3H3,(H,13,16)(H,18,19). The van der Waals surface area contributed by atoms with Gasteiger partial charge in [0.25, 0.3) is 0 Å². The molecule has 2 aromatic heterocycles. The molecule has 0 bridgehead atoms. The van der Waals surface area contributed by atoms with Crippen LogP contribution >= 0.6 is 0 Å². The van der Waals surface area contributed by atoms with Gasteiger partial charge in [-0.3, -0.25) is 0 Å². The average molecular weight is 277 g/mol. The highest BCUT2D eigenvalue weighted by Gasteiger charge is 2.17. The molecule has 8 heteroatoms. The normalized spacial score (nSPS) is 10.6. The number of anilines is 1. The second-order valence-corrected chi connectivity index (χ2v) is 4.35. The van der Waals surface area contributed by atoms with Crippen molar-refractivity contribution < 1.29 is 14.4 Å². The van der Waals surface area contributed by atoms with Crippen molar-refractivity contribution in [1.82, 2.24) is 20.3 Å². The molecule has 0 aliphatic rings. The van der Waals surface area contributed by atoms with Crippen LogP contribution in [0.5, 0.6) is 0 Å². The number of hydrogen-bond acceptors (Lipinski definition) is 7. The Labute approximate surface area is 115 Å². The molecule has 0 aliphatic heterocycles. The molecule has 0 aromatic carbocycles. The van der Waals surface area contributed by atoms with Gasteiger partial charge in [0.05, 0.1) is 5.69 Å². The summed E-state index contributed by atoms with van der Waals surface area (Å²) < 4.78 is 4.85. The second-order valence-electron chi connectivity index (χ2n) is 4.35. The maximum Gasteiger partial charge on any atom is 0.339 e. The zero-order valence-corrected chi connectivity index (χ0v) is 11.5. The molecule has 0 unspecified atom stereocenters. The Hall–Kier alpha value is -2.51. The molecule has 8 nitrogen and oxygen atoms in total. The average Bonchev–Trinajstić information content (AvgIpc) is 2.79. The number of carboxylic acids is 1. The molecule has 20 heavy (non-hydrogen) atoms. The summed E-state index contributed by atoms with van der Waals surface area (Å²) in [6.45, 7) is 5.58. The van der Waals surface area contributed by atoms with Crippen molar-refractivity contribution in [2.75, 3.05) is 11.9 Å². The second kappa shape index (κ2) is 5.64.